The number of nitrogens with zero attached hydrogens (tertiary/aromatic N) is 6. The molecule has 0 bridgehead atoms. The minimum Gasteiger partial charge on any atom is -0.434 e. The van der Waals surface area contributed by atoms with E-state index in [1.54, 1.807) is 6.33 Å². The van der Waals surface area contributed by atoms with Crippen LogP contribution in [-0.2, 0) is 0 Å². The molecule has 0 unspecified atom stereocenters. The number of rotatable bonds is 6. The Morgan fingerprint density at radius 2 is 0.898 bits per heavy atom. The van der Waals surface area contributed by atoms with Gasteiger partial charge in [0.1, 0.15) is 17.5 Å². The van der Waals surface area contributed by atoms with E-state index in [0.29, 0.717) is 34.5 Å². The number of pyridine rings is 1. The third-order valence-electron chi connectivity index (χ3n) is 8.53. The zero-order valence-corrected chi connectivity index (χ0v) is 26.1. The van der Waals surface area contributed by atoms with E-state index < -0.39 is 0 Å². The van der Waals surface area contributed by atoms with Gasteiger partial charge in [0.05, 0.1) is 5.39 Å². The van der Waals surface area contributed by atoms with Gasteiger partial charge in [-0.3, -0.25) is 0 Å². The Morgan fingerprint density at radius 3 is 1.51 bits per heavy atom. The lowest BCUT2D eigenvalue weighted by Crippen LogP contribution is -2.00. The van der Waals surface area contributed by atoms with Gasteiger partial charge in [0, 0.05) is 34.0 Å². The maximum Gasteiger partial charge on any atom is 0.229 e. The molecule has 0 N–H and O–H groups in total. The van der Waals surface area contributed by atoms with Gasteiger partial charge in [0.2, 0.25) is 5.71 Å². The molecular formula is C42H26N6O. The lowest BCUT2D eigenvalue weighted by molar-refractivity contribution is 0.652. The average molecular weight is 631 g/mol. The van der Waals surface area contributed by atoms with Crippen molar-refractivity contribution in [1.82, 2.24) is 29.9 Å². The van der Waals surface area contributed by atoms with Gasteiger partial charge in [0.15, 0.2) is 23.1 Å². The monoisotopic (exact) mass is 630 g/mol. The molecule has 0 aliphatic heterocycles. The molecule has 0 aliphatic carbocycles. The molecule has 9 aromatic rings. The summed E-state index contributed by atoms with van der Waals surface area (Å²) in [4.78, 5) is 28.5. The van der Waals surface area contributed by atoms with Gasteiger partial charge in [-0.2, -0.15) is 0 Å². The van der Waals surface area contributed by atoms with Crippen molar-refractivity contribution in [3.8, 4) is 67.7 Å². The summed E-state index contributed by atoms with van der Waals surface area (Å²) in [5.41, 5.74) is 10.5. The van der Waals surface area contributed by atoms with E-state index in [4.69, 9.17) is 24.4 Å². The van der Waals surface area contributed by atoms with E-state index in [9.17, 15) is 0 Å². The lowest BCUT2D eigenvalue weighted by atomic mass is 9.99. The highest BCUT2D eigenvalue weighted by atomic mass is 16.3. The largest absolute Gasteiger partial charge is 0.434 e. The maximum atomic E-state index is 6.30. The quantitative estimate of drug-likeness (QED) is 0.181. The van der Waals surface area contributed by atoms with Crippen LogP contribution in [0.25, 0.3) is 89.9 Å². The standard InChI is InChI=1S/C42H26N6O/c1-4-11-27(12-5-1)32-17-10-18-33(23-32)34-24-35-37-38(49-42(35)43-25-34)36(44-26-45-37)28-19-21-31(22-20-28)41-47-39(29-13-6-2-7-14-29)46-40(48-41)30-15-8-3-9-16-30/h1-26H. The minimum atomic E-state index is 0.517. The van der Waals surface area contributed by atoms with Gasteiger partial charge >= 0.3 is 0 Å². The molecular weight excluding hydrogens is 605 g/mol. The summed E-state index contributed by atoms with van der Waals surface area (Å²) in [5, 5.41) is 0.838. The molecule has 0 radical (unpaired) electrons. The first kappa shape index (κ1) is 28.4. The van der Waals surface area contributed by atoms with Crippen molar-refractivity contribution in [3.63, 3.8) is 0 Å². The molecule has 0 fully saturated rings. The van der Waals surface area contributed by atoms with Gasteiger partial charge in [-0.15, -0.1) is 0 Å². The summed E-state index contributed by atoms with van der Waals surface area (Å²) in [6.45, 7) is 0. The van der Waals surface area contributed by atoms with Crippen molar-refractivity contribution in [2.75, 3.05) is 0 Å². The second-order valence-electron chi connectivity index (χ2n) is 11.6. The van der Waals surface area contributed by atoms with Crippen molar-refractivity contribution >= 4 is 22.2 Å². The molecule has 0 amide bonds. The smallest absolute Gasteiger partial charge is 0.229 e. The summed E-state index contributed by atoms with van der Waals surface area (Å²) in [6, 6.07) is 48.8. The molecule has 0 aliphatic rings. The van der Waals surface area contributed by atoms with Crippen molar-refractivity contribution in [3.05, 3.63) is 158 Å². The number of hydrogen-bond donors (Lipinski definition) is 0. The molecule has 0 spiro atoms. The zero-order valence-electron chi connectivity index (χ0n) is 26.1. The third-order valence-corrected chi connectivity index (χ3v) is 8.53. The van der Waals surface area contributed by atoms with Crippen LogP contribution >= 0.6 is 0 Å². The van der Waals surface area contributed by atoms with Gasteiger partial charge in [-0.25, -0.2) is 29.9 Å². The summed E-state index contributed by atoms with van der Waals surface area (Å²) in [7, 11) is 0. The molecule has 7 nitrogen and oxygen atoms in total. The van der Waals surface area contributed by atoms with Gasteiger partial charge < -0.3 is 4.42 Å². The molecule has 0 atom stereocenters. The molecule has 5 aromatic carbocycles. The molecule has 4 heterocycles. The number of benzene rings is 5. The summed E-state index contributed by atoms with van der Waals surface area (Å²) >= 11 is 0. The molecule has 0 saturated carbocycles. The van der Waals surface area contributed by atoms with E-state index in [1.165, 1.54) is 5.56 Å². The number of furan rings is 1. The molecule has 0 saturated heterocycles. The third kappa shape index (κ3) is 5.39. The van der Waals surface area contributed by atoms with Crippen LogP contribution in [0.2, 0.25) is 0 Å². The maximum absolute atomic E-state index is 6.30. The van der Waals surface area contributed by atoms with Crippen molar-refractivity contribution in [2.24, 2.45) is 0 Å². The highest BCUT2D eigenvalue weighted by Crippen LogP contribution is 2.36. The highest BCUT2D eigenvalue weighted by molar-refractivity contribution is 6.06. The van der Waals surface area contributed by atoms with Gasteiger partial charge in [-0.1, -0.05) is 133 Å². The molecule has 9 rings (SSSR count). The Labute approximate surface area is 281 Å². The van der Waals surface area contributed by atoms with Crippen LogP contribution in [0.4, 0.5) is 0 Å². The summed E-state index contributed by atoms with van der Waals surface area (Å²) in [5.74, 6) is 1.82. The fourth-order valence-electron chi connectivity index (χ4n) is 6.05. The highest BCUT2D eigenvalue weighted by Gasteiger charge is 2.18. The van der Waals surface area contributed by atoms with Crippen LogP contribution in [0.1, 0.15) is 0 Å². The SMILES string of the molecule is c1ccc(-c2cccc(-c3cnc4oc5c(-c6ccc(-c7nc(-c8ccccc8)nc(-c8ccccc8)n7)cc6)ncnc5c4c3)c2)cc1. The van der Waals surface area contributed by atoms with Crippen LogP contribution in [-0.4, -0.2) is 29.9 Å². The number of fused-ring (bicyclic) bond motifs is 3. The number of aromatic nitrogens is 6. The second kappa shape index (κ2) is 12.1. The Bertz CT molecular complexity index is 2530. The normalized spacial score (nSPS) is 11.3. The fourth-order valence-corrected chi connectivity index (χ4v) is 6.05. The summed E-state index contributed by atoms with van der Waals surface area (Å²) < 4.78 is 6.30. The van der Waals surface area contributed by atoms with E-state index >= 15 is 0 Å². The van der Waals surface area contributed by atoms with E-state index in [0.717, 1.165) is 49.8 Å². The first-order valence-electron chi connectivity index (χ1n) is 15.9. The Kier molecular flexibility index (Phi) is 6.98. The van der Waals surface area contributed by atoms with Crippen LogP contribution in [0.5, 0.6) is 0 Å². The number of hydrogen-bond acceptors (Lipinski definition) is 7. The van der Waals surface area contributed by atoms with Gasteiger partial charge in [0.25, 0.3) is 0 Å². The molecule has 4 aromatic heterocycles. The Morgan fingerprint density at radius 1 is 0.388 bits per heavy atom. The predicted octanol–water partition coefficient (Wildman–Crippen LogP) is 9.96. The second-order valence-corrected chi connectivity index (χ2v) is 11.6. The fraction of sp³-hybridized carbons (Fsp3) is 0. The summed E-state index contributed by atoms with van der Waals surface area (Å²) in [6.07, 6.45) is 3.42. The predicted molar refractivity (Wildman–Crippen MR) is 193 cm³/mol. The minimum absolute atomic E-state index is 0.517. The molecule has 230 valence electrons. The van der Waals surface area contributed by atoms with E-state index in [2.05, 4.69) is 64.6 Å². The van der Waals surface area contributed by atoms with Crippen LogP contribution in [0.15, 0.2) is 163 Å². The Balaban J connectivity index is 1.09. The van der Waals surface area contributed by atoms with E-state index in [1.807, 2.05) is 97.2 Å². The Hall–Kier alpha value is -6.86. The topological polar surface area (TPSA) is 90.5 Å². The van der Waals surface area contributed by atoms with Crippen LogP contribution in [0.3, 0.4) is 0 Å². The first-order valence-corrected chi connectivity index (χ1v) is 15.9. The molecule has 7 heteroatoms. The first-order chi connectivity index (χ1) is 24.3. The van der Waals surface area contributed by atoms with E-state index in [-0.39, 0.29) is 0 Å². The molecule has 49 heavy (non-hydrogen) atoms. The lowest BCUT2D eigenvalue weighted by Gasteiger charge is -2.09. The van der Waals surface area contributed by atoms with Crippen LogP contribution < -0.4 is 0 Å². The zero-order chi connectivity index (χ0) is 32.6. The van der Waals surface area contributed by atoms with Crippen molar-refractivity contribution in [2.45, 2.75) is 0 Å². The van der Waals surface area contributed by atoms with Crippen molar-refractivity contribution in [1.29, 1.82) is 0 Å². The van der Waals surface area contributed by atoms with Crippen LogP contribution in [0, 0.1) is 0 Å². The average Bonchev–Trinajstić information content (AvgIpc) is 3.57. The van der Waals surface area contributed by atoms with Gasteiger partial charge in [-0.05, 0) is 28.8 Å². The van der Waals surface area contributed by atoms with Crippen molar-refractivity contribution < 1.29 is 4.42 Å².